The van der Waals surface area contributed by atoms with Gasteiger partial charge >= 0.3 is 5.97 Å². The third-order valence-corrected chi connectivity index (χ3v) is 6.31. The molecule has 2 aliphatic rings. The minimum Gasteiger partial charge on any atom is -0.497 e. The van der Waals surface area contributed by atoms with Crippen molar-refractivity contribution in [1.29, 1.82) is 0 Å². The van der Waals surface area contributed by atoms with Gasteiger partial charge in [-0.15, -0.1) is 0 Å². The first kappa shape index (κ1) is 22.9. The van der Waals surface area contributed by atoms with E-state index < -0.39 is 17.8 Å². The summed E-state index contributed by atoms with van der Waals surface area (Å²) in [6.45, 7) is 5.38. The van der Waals surface area contributed by atoms with Crippen LogP contribution in [0.2, 0.25) is 0 Å². The van der Waals surface area contributed by atoms with E-state index in [0.717, 1.165) is 11.3 Å². The number of ketones is 1. The molecule has 6 heteroatoms. The number of hydrogen-bond acceptors (Lipinski definition) is 5. The minimum absolute atomic E-state index is 0.00765. The van der Waals surface area contributed by atoms with Gasteiger partial charge in [0.15, 0.2) is 5.78 Å². The van der Waals surface area contributed by atoms with Crippen LogP contribution in [-0.2, 0) is 14.3 Å². The highest BCUT2D eigenvalue weighted by Crippen LogP contribution is 2.47. The number of aliphatic imine (C=N–C) groups is 1. The molecule has 1 heterocycles. The van der Waals surface area contributed by atoms with Crippen LogP contribution < -0.4 is 4.74 Å². The predicted molar refractivity (Wildman–Crippen MR) is 124 cm³/mol. The number of esters is 1. The van der Waals surface area contributed by atoms with E-state index in [9.17, 15) is 14.0 Å². The van der Waals surface area contributed by atoms with Gasteiger partial charge in [0.2, 0.25) is 0 Å². The van der Waals surface area contributed by atoms with E-state index in [1.54, 1.807) is 40.0 Å². The van der Waals surface area contributed by atoms with Crippen molar-refractivity contribution in [2.45, 2.75) is 51.6 Å². The summed E-state index contributed by atoms with van der Waals surface area (Å²) >= 11 is 0. The summed E-state index contributed by atoms with van der Waals surface area (Å²) in [6, 6.07) is 13.7. The zero-order valence-electron chi connectivity index (χ0n) is 19.3. The van der Waals surface area contributed by atoms with Gasteiger partial charge in [-0.25, -0.2) is 4.39 Å². The predicted octanol–water partition coefficient (Wildman–Crippen LogP) is 5.36. The molecule has 2 aromatic carbocycles. The number of Topliss-reactive ketones (excluding diaryl/α,β-unsaturated/α-hetero) is 1. The number of rotatable bonds is 5. The molecule has 1 aliphatic heterocycles. The molecule has 1 unspecified atom stereocenters. The summed E-state index contributed by atoms with van der Waals surface area (Å²) in [5, 5.41) is 0. The molecule has 0 N–H and O–H groups in total. The maximum Gasteiger partial charge on any atom is 0.315 e. The van der Waals surface area contributed by atoms with Gasteiger partial charge in [-0.05, 0) is 68.5 Å². The Labute approximate surface area is 193 Å². The topological polar surface area (TPSA) is 65.0 Å². The number of carbonyl (C=O) groups excluding carboxylic acids is 2. The Morgan fingerprint density at radius 2 is 1.67 bits per heavy atom. The van der Waals surface area contributed by atoms with Crippen LogP contribution in [-0.4, -0.2) is 30.7 Å². The fourth-order valence-electron chi connectivity index (χ4n) is 4.81. The molecule has 0 bridgehead atoms. The molecule has 0 saturated carbocycles. The summed E-state index contributed by atoms with van der Waals surface area (Å²) < 4.78 is 24.4. The number of methoxy groups -OCH3 is 1. The Balaban J connectivity index is 1.76. The third kappa shape index (κ3) is 4.61. The standard InChI is InChI=1S/C27H28FNO4/c1-15(2)33-27(31)24-16(3)29-22-13-19(17-7-11-21(32-4)12-8-17)14-23(30)26(22)25(24)18-5-9-20(28)10-6-18/h5-12,15,19,24-25H,13-14H2,1-4H3/t19-,24?,25-/m1/s1. The van der Waals surface area contributed by atoms with Gasteiger partial charge in [-0.2, -0.15) is 0 Å². The van der Waals surface area contributed by atoms with E-state index >= 15 is 0 Å². The molecule has 33 heavy (non-hydrogen) atoms. The van der Waals surface area contributed by atoms with Crippen LogP contribution in [0.3, 0.4) is 0 Å². The Hall–Kier alpha value is -3.28. The molecule has 3 atom stereocenters. The van der Waals surface area contributed by atoms with Gasteiger partial charge in [-0.3, -0.25) is 14.6 Å². The Morgan fingerprint density at radius 1 is 1.03 bits per heavy atom. The molecule has 4 rings (SSSR count). The maximum atomic E-state index is 13.7. The maximum absolute atomic E-state index is 13.7. The minimum atomic E-state index is -0.724. The van der Waals surface area contributed by atoms with E-state index in [4.69, 9.17) is 14.5 Å². The quantitative estimate of drug-likeness (QED) is 0.577. The molecule has 5 nitrogen and oxygen atoms in total. The van der Waals surface area contributed by atoms with Gasteiger partial charge in [0, 0.05) is 29.3 Å². The molecule has 0 saturated heterocycles. The second-order valence-electron chi connectivity index (χ2n) is 8.91. The van der Waals surface area contributed by atoms with Crippen molar-refractivity contribution < 1.29 is 23.5 Å². The highest BCUT2D eigenvalue weighted by molar-refractivity contribution is 6.09. The second kappa shape index (κ2) is 9.30. The Bertz CT molecular complexity index is 1120. The van der Waals surface area contributed by atoms with Crippen LogP contribution in [0.4, 0.5) is 4.39 Å². The molecule has 0 radical (unpaired) electrons. The molecule has 2 aromatic rings. The van der Waals surface area contributed by atoms with E-state index in [2.05, 4.69) is 0 Å². The van der Waals surface area contributed by atoms with Crippen LogP contribution in [0.15, 0.2) is 64.8 Å². The lowest BCUT2D eigenvalue weighted by Crippen LogP contribution is -2.38. The largest absolute Gasteiger partial charge is 0.497 e. The molecular weight excluding hydrogens is 421 g/mol. The highest BCUT2D eigenvalue weighted by Gasteiger charge is 2.44. The van der Waals surface area contributed by atoms with Crippen molar-refractivity contribution in [3.63, 3.8) is 0 Å². The van der Waals surface area contributed by atoms with Gasteiger partial charge in [0.25, 0.3) is 0 Å². The molecule has 172 valence electrons. The number of allylic oxidation sites excluding steroid dienone is 2. The van der Waals surface area contributed by atoms with Gasteiger partial charge in [0.1, 0.15) is 17.5 Å². The van der Waals surface area contributed by atoms with Crippen molar-refractivity contribution in [2.75, 3.05) is 7.11 Å². The lowest BCUT2D eigenvalue weighted by molar-refractivity contribution is -0.150. The van der Waals surface area contributed by atoms with Gasteiger partial charge in [-0.1, -0.05) is 24.3 Å². The van der Waals surface area contributed by atoms with Crippen LogP contribution in [0.5, 0.6) is 5.75 Å². The number of carbonyl (C=O) groups is 2. The van der Waals surface area contributed by atoms with E-state index in [-0.39, 0.29) is 23.6 Å². The summed E-state index contributed by atoms with van der Waals surface area (Å²) in [7, 11) is 1.62. The fourth-order valence-corrected chi connectivity index (χ4v) is 4.81. The van der Waals surface area contributed by atoms with Crippen LogP contribution in [0.1, 0.15) is 56.6 Å². The number of halogens is 1. The zero-order chi connectivity index (χ0) is 23.7. The summed E-state index contributed by atoms with van der Waals surface area (Å²) in [5.74, 6) is -1.35. The smallest absolute Gasteiger partial charge is 0.315 e. The molecule has 0 spiro atoms. The molecule has 0 amide bonds. The monoisotopic (exact) mass is 449 g/mol. The van der Waals surface area contributed by atoms with Crippen molar-refractivity contribution in [3.8, 4) is 5.75 Å². The molecular formula is C27H28FNO4. The van der Waals surface area contributed by atoms with Crippen molar-refractivity contribution in [1.82, 2.24) is 0 Å². The summed E-state index contributed by atoms with van der Waals surface area (Å²) in [6.07, 6.45) is 0.619. The van der Waals surface area contributed by atoms with Gasteiger partial charge in [0.05, 0.1) is 13.2 Å². The Morgan fingerprint density at radius 3 is 2.27 bits per heavy atom. The van der Waals surface area contributed by atoms with E-state index in [1.807, 2.05) is 24.3 Å². The highest BCUT2D eigenvalue weighted by atomic mass is 19.1. The number of nitrogens with zero attached hydrogens (tertiary/aromatic N) is 1. The first-order chi connectivity index (χ1) is 15.8. The van der Waals surface area contributed by atoms with Crippen molar-refractivity contribution >= 4 is 17.5 Å². The number of hydrogen-bond donors (Lipinski definition) is 0. The van der Waals surface area contributed by atoms with Crippen molar-refractivity contribution in [3.05, 3.63) is 76.7 Å². The van der Waals surface area contributed by atoms with E-state index in [0.29, 0.717) is 35.4 Å². The van der Waals surface area contributed by atoms with E-state index in [1.165, 1.54) is 12.1 Å². The third-order valence-electron chi connectivity index (χ3n) is 6.31. The average molecular weight is 450 g/mol. The SMILES string of the molecule is COc1ccc([C@H]2CC(=O)C3=C(C2)N=C(C)C(C(=O)OC(C)C)[C@H]3c2ccc(F)cc2)cc1. The fraction of sp³-hybridized carbons (Fsp3) is 0.370. The normalized spacial score (nSPS) is 22.7. The molecule has 0 aromatic heterocycles. The van der Waals surface area contributed by atoms with Crippen LogP contribution in [0.25, 0.3) is 0 Å². The first-order valence-electron chi connectivity index (χ1n) is 11.2. The summed E-state index contributed by atoms with van der Waals surface area (Å²) in [4.78, 5) is 31.3. The molecule has 0 fully saturated rings. The lowest BCUT2D eigenvalue weighted by atomic mass is 9.69. The van der Waals surface area contributed by atoms with Gasteiger partial charge < -0.3 is 9.47 Å². The Kier molecular flexibility index (Phi) is 6.45. The first-order valence-corrected chi connectivity index (χ1v) is 11.2. The molecule has 1 aliphatic carbocycles. The average Bonchev–Trinajstić information content (AvgIpc) is 2.78. The van der Waals surface area contributed by atoms with Crippen LogP contribution >= 0.6 is 0 Å². The number of ether oxygens (including phenoxy) is 2. The van der Waals surface area contributed by atoms with Crippen LogP contribution in [0, 0.1) is 11.7 Å². The summed E-state index contributed by atoms with van der Waals surface area (Å²) in [5.41, 5.74) is 3.61. The number of benzene rings is 2. The zero-order valence-corrected chi connectivity index (χ0v) is 19.3. The van der Waals surface area contributed by atoms with Crippen molar-refractivity contribution in [2.24, 2.45) is 10.9 Å². The second-order valence-corrected chi connectivity index (χ2v) is 8.91. The lowest BCUT2D eigenvalue weighted by Gasteiger charge is -2.36.